The summed E-state index contributed by atoms with van der Waals surface area (Å²) < 4.78 is 5.49. The average molecular weight is 430 g/mol. The molecule has 2 aromatic rings. The molecule has 0 aromatic heterocycles. The van der Waals surface area contributed by atoms with Gasteiger partial charge in [0.25, 0.3) is 5.91 Å². The SMILES string of the molecule is O=C(Cc1ccccc1)NCC(=O)N1CCN(C(=O)COc2ccc(Cl)cc2)CC1. The summed E-state index contributed by atoms with van der Waals surface area (Å²) in [5.41, 5.74) is 0.899. The van der Waals surface area contributed by atoms with Crippen LogP contribution in [-0.4, -0.2) is 66.9 Å². The number of carbonyl (C=O) groups is 3. The molecule has 1 heterocycles. The van der Waals surface area contributed by atoms with E-state index in [-0.39, 0.29) is 37.3 Å². The smallest absolute Gasteiger partial charge is 0.260 e. The van der Waals surface area contributed by atoms with Crippen LogP contribution in [0.2, 0.25) is 5.02 Å². The maximum atomic E-state index is 12.3. The molecule has 3 amide bonds. The summed E-state index contributed by atoms with van der Waals surface area (Å²) in [7, 11) is 0. The molecule has 158 valence electrons. The average Bonchev–Trinajstić information content (AvgIpc) is 2.77. The summed E-state index contributed by atoms with van der Waals surface area (Å²) in [6, 6.07) is 16.2. The van der Waals surface area contributed by atoms with Crippen molar-refractivity contribution in [3.8, 4) is 5.75 Å². The van der Waals surface area contributed by atoms with E-state index in [0.717, 1.165) is 5.56 Å². The summed E-state index contributed by atoms with van der Waals surface area (Å²) >= 11 is 5.83. The van der Waals surface area contributed by atoms with Crippen molar-refractivity contribution in [3.63, 3.8) is 0 Å². The molecule has 0 atom stereocenters. The van der Waals surface area contributed by atoms with E-state index in [1.54, 1.807) is 34.1 Å². The van der Waals surface area contributed by atoms with Gasteiger partial charge in [-0.05, 0) is 29.8 Å². The van der Waals surface area contributed by atoms with Crippen LogP contribution in [0, 0.1) is 0 Å². The quantitative estimate of drug-likeness (QED) is 0.727. The molecule has 1 aliphatic heterocycles. The minimum atomic E-state index is -0.192. The highest BCUT2D eigenvalue weighted by atomic mass is 35.5. The summed E-state index contributed by atoms with van der Waals surface area (Å²) in [6.07, 6.45) is 0.240. The molecule has 1 aliphatic rings. The molecular formula is C22H24ClN3O4. The molecule has 1 saturated heterocycles. The van der Waals surface area contributed by atoms with Crippen LogP contribution in [0.25, 0.3) is 0 Å². The minimum Gasteiger partial charge on any atom is -0.484 e. The third-order valence-electron chi connectivity index (χ3n) is 4.81. The number of piperazine rings is 1. The van der Waals surface area contributed by atoms with Crippen LogP contribution in [0.1, 0.15) is 5.56 Å². The van der Waals surface area contributed by atoms with Crippen molar-refractivity contribution in [2.75, 3.05) is 39.3 Å². The monoisotopic (exact) mass is 429 g/mol. The molecule has 1 N–H and O–H groups in total. The van der Waals surface area contributed by atoms with E-state index in [0.29, 0.717) is 37.0 Å². The van der Waals surface area contributed by atoms with Gasteiger partial charge in [0.15, 0.2) is 6.61 Å². The molecule has 3 rings (SSSR count). The van der Waals surface area contributed by atoms with E-state index in [1.165, 1.54) is 0 Å². The minimum absolute atomic E-state index is 0.0424. The summed E-state index contributed by atoms with van der Waals surface area (Å²) in [4.78, 5) is 40.0. The molecule has 0 spiro atoms. The van der Waals surface area contributed by atoms with Gasteiger partial charge in [-0.15, -0.1) is 0 Å². The molecule has 2 aromatic carbocycles. The Kier molecular flexibility index (Phi) is 7.68. The van der Waals surface area contributed by atoms with E-state index >= 15 is 0 Å². The molecule has 0 aliphatic carbocycles. The molecule has 7 nitrogen and oxygen atoms in total. The first-order valence-electron chi connectivity index (χ1n) is 9.76. The van der Waals surface area contributed by atoms with Crippen LogP contribution in [0.15, 0.2) is 54.6 Å². The predicted molar refractivity (Wildman–Crippen MR) is 113 cm³/mol. The molecule has 0 radical (unpaired) electrons. The Hall–Kier alpha value is -3.06. The third-order valence-corrected chi connectivity index (χ3v) is 5.06. The standard InChI is InChI=1S/C22H24ClN3O4/c23-18-6-8-19(9-7-18)30-16-22(29)26-12-10-25(11-13-26)21(28)15-24-20(27)14-17-4-2-1-3-5-17/h1-9H,10-16H2,(H,24,27). The van der Waals surface area contributed by atoms with Crippen LogP contribution >= 0.6 is 11.6 Å². The Morgan fingerprint density at radius 1 is 0.867 bits per heavy atom. The Balaban J connectivity index is 1.35. The van der Waals surface area contributed by atoms with Crippen LogP contribution in [0.4, 0.5) is 0 Å². The molecule has 1 fully saturated rings. The van der Waals surface area contributed by atoms with Crippen molar-refractivity contribution in [2.24, 2.45) is 0 Å². The van der Waals surface area contributed by atoms with Crippen LogP contribution in [0.5, 0.6) is 5.75 Å². The van der Waals surface area contributed by atoms with Gasteiger partial charge in [-0.25, -0.2) is 0 Å². The van der Waals surface area contributed by atoms with Crippen molar-refractivity contribution >= 4 is 29.3 Å². The number of amides is 3. The van der Waals surface area contributed by atoms with Crippen LogP contribution in [-0.2, 0) is 20.8 Å². The van der Waals surface area contributed by atoms with E-state index in [9.17, 15) is 14.4 Å². The lowest BCUT2D eigenvalue weighted by Crippen LogP contribution is -2.53. The van der Waals surface area contributed by atoms with Gasteiger partial charge in [-0.2, -0.15) is 0 Å². The topological polar surface area (TPSA) is 79.0 Å². The van der Waals surface area contributed by atoms with Gasteiger partial charge >= 0.3 is 0 Å². The van der Waals surface area contributed by atoms with Gasteiger partial charge in [0.05, 0.1) is 13.0 Å². The van der Waals surface area contributed by atoms with E-state index in [4.69, 9.17) is 16.3 Å². The van der Waals surface area contributed by atoms with Gasteiger partial charge in [0.2, 0.25) is 11.8 Å². The number of halogens is 1. The number of rotatable bonds is 7. The second-order valence-corrected chi connectivity index (χ2v) is 7.38. The largest absolute Gasteiger partial charge is 0.484 e. The van der Waals surface area contributed by atoms with E-state index in [2.05, 4.69) is 5.32 Å². The van der Waals surface area contributed by atoms with Crippen LogP contribution < -0.4 is 10.1 Å². The zero-order valence-corrected chi connectivity index (χ0v) is 17.3. The first kappa shape index (κ1) is 21.6. The Labute approximate surface area is 180 Å². The first-order chi connectivity index (χ1) is 14.5. The number of carbonyl (C=O) groups excluding carboxylic acids is 3. The lowest BCUT2D eigenvalue weighted by atomic mass is 10.1. The summed E-state index contributed by atoms with van der Waals surface area (Å²) in [6.45, 7) is 1.63. The highest BCUT2D eigenvalue weighted by Gasteiger charge is 2.24. The van der Waals surface area contributed by atoms with Gasteiger partial charge in [-0.1, -0.05) is 41.9 Å². The highest BCUT2D eigenvalue weighted by molar-refractivity contribution is 6.30. The van der Waals surface area contributed by atoms with Crippen molar-refractivity contribution in [3.05, 3.63) is 65.2 Å². The third kappa shape index (κ3) is 6.49. The second kappa shape index (κ2) is 10.6. The maximum Gasteiger partial charge on any atom is 0.260 e. The fourth-order valence-corrected chi connectivity index (χ4v) is 3.23. The normalized spacial score (nSPS) is 13.6. The molecule has 0 bridgehead atoms. The number of nitrogens with one attached hydrogen (secondary N) is 1. The molecule has 8 heteroatoms. The first-order valence-corrected chi connectivity index (χ1v) is 10.1. The highest BCUT2D eigenvalue weighted by Crippen LogP contribution is 2.15. The van der Waals surface area contributed by atoms with Gasteiger partial charge < -0.3 is 19.9 Å². The predicted octanol–water partition coefficient (Wildman–Crippen LogP) is 1.75. The second-order valence-electron chi connectivity index (χ2n) is 6.94. The van der Waals surface area contributed by atoms with Crippen molar-refractivity contribution < 1.29 is 19.1 Å². The van der Waals surface area contributed by atoms with Crippen molar-refractivity contribution in [1.82, 2.24) is 15.1 Å². The Morgan fingerprint density at radius 2 is 1.47 bits per heavy atom. The zero-order chi connectivity index (χ0) is 21.3. The van der Waals surface area contributed by atoms with Crippen LogP contribution in [0.3, 0.4) is 0 Å². The lowest BCUT2D eigenvalue weighted by molar-refractivity contribution is -0.140. The van der Waals surface area contributed by atoms with Gasteiger partial charge in [0.1, 0.15) is 5.75 Å². The summed E-state index contributed by atoms with van der Waals surface area (Å²) in [5.74, 6) is 0.102. The lowest BCUT2D eigenvalue weighted by Gasteiger charge is -2.34. The number of benzene rings is 2. The van der Waals surface area contributed by atoms with Gasteiger partial charge in [0, 0.05) is 31.2 Å². The molecule has 0 saturated carbocycles. The van der Waals surface area contributed by atoms with E-state index < -0.39 is 0 Å². The zero-order valence-electron chi connectivity index (χ0n) is 16.6. The fraction of sp³-hybridized carbons (Fsp3) is 0.318. The fourth-order valence-electron chi connectivity index (χ4n) is 3.10. The van der Waals surface area contributed by atoms with E-state index in [1.807, 2.05) is 30.3 Å². The number of nitrogens with zero attached hydrogens (tertiary/aromatic N) is 2. The number of hydrogen-bond acceptors (Lipinski definition) is 4. The number of ether oxygens (including phenoxy) is 1. The Morgan fingerprint density at radius 3 is 2.10 bits per heavy atom. The van der Waals surface area contributed by atoms with Crippen molar-refractivity contribution in [1.29, 1.82) is 0 Å². The molecular weight excluding hydrogens is 406 g/mol. The van der Waals surface area contributed by atoms with Crippen molar-refractivity contribution in [2.45, 2.75) is 6.42 Å². The molecule has 30 heavy (non-hydrogen) atoms. The molecule has 0 unspecified atom stereocenters. The Bertz CT molecular complexity index is 866. The van der Waals surface area contributed by atoms with Gasteiger partial charge in [-0.3, -0.25) is 14.4 Å². The summed E-state index contributed by atoms with van der Waals surface area (Å²) in [5, 5.41) is 3.27. The maximum absolute atomic E-state index is 12.3. The number of hydrogen-bond donors (Lipinski definition) is 1.